The summed E-state index contributed by atoms with van der Waals surface area (Å²) >= 11 is 6.00. The fourth-order valence-corrected chi connectivity index (χ4v) is 4.51. The summed E-state index contributed by atoms with van der Waals surface area (Å²) < 4.78 is 25.8. The van der Waals surface area contributed by atoms with Gasteiger partial charge in [0.15, 0.2) is 0 Å². The lowest BCUT2D eigenvalue weighted by Gasteiger charge is -2.28. The Labute approximate surface area is 172 Å². The molecule has 0 aliphatic rings. The third-order valence-corrected chi connectivity index (χ3v) is 6.14. The zero-order chi connectivity index (χ0) is 20.9. The van der Waals surface area contributed by atoms with Crippen LogP contribution in [0.15, 0.2) is 42.5 Å². The summed E-state index contributed by atoms with van der Waals surface area (Å²) in [7, 11) is -3.67. The number of amides is 1. The number of rotatable bonds is 8. The molecule has 0 spiro atoms. The van der Waals surface area contributed by atoms with Gasteiger partial charge < -0.3 is 5.32 Å². The van der Waals surface area contributed by atoms with Crippen molar-refractivity contribution in [3.05, 3.63) is 64.2 Å². The molecule has 5 nitrogen and oxygen atoms in total. The molecule has 1 N–H and O–H groups in total. The van der Waals surface area contributed by atoms with Crippen molar-refractivity contribution in [2.24, 2.45) is 0 Å². The Kier molecular flexibility index (Phi) is 7.49. The van der Waals surface area contributed by atoms with Crippen molar-refractivity contribution >= 4 is 33.2 Å². The molecule has 0 radical (unpaired) electrons. The van der Waals surface area contributed by atoms with Crippen LogP contribution in [0.4, 0.5) is 5.69 Å². The van der Waals surface area contributed by atoms with Crippen molar-refractivity contribution in [3.63, 3.8) is 0 Å². The lowest BCUT2D eigenvalue weighted by atomic mass is 10.0. The molecule has 0 saturated carbocycles. The van der Waals surface area contributed by atoms with Crippen LogP contribution in [-0.2, 0) is 34.2 Å². The summed E-state index contributed by atoms with van der Waals surface area (Å²) in [6.45, 7) is 6.08. The molecule has 0 saturated heterocycles. The van der Waals surface area contributed by atoms with Gasteiger partial charge in [-0.05, 0) is 54.7 Å². The molecule has 0 fully saturated rings. The molecule has 1 amide bonds. The molecule has 0 aromatic heterocycles. The van der Waals surface area contributed by atoms with E-state index in [9.17, 15) is 13.2 Å². The van der Waals surface area contributed by atoms with E-state index in [0.29, 0.717) is 17.3 Å². The Hall–Kier alpha value is -2.05. The maximum atomic E-state index is 12.8. The fourth-order valence-electron chi connectivity index (χ4n) is 3.16. The van der Waals surface area contributed by atoms with Gasteiger partial charge in [-0.1, -0.05) is 49.7 Å². The lowest BCUT2D eigenvalue weighted by Crippen LogP contribution is -2.47. The molecule has 0 heterocycles. The Balaban J connectivity index is 2.22. The van der Waals surface area contributed by atoms with E-state index in [-0.39, 0.29) is 5.91 Å². The molecule has 2 aromatic carbocycles. The van der Waals surface area contributed by atoms with Gasteiger partial charge in [-0.2, -0.15) is 0 Å². The molecular formula is C21H27ClN2O3S. The number of benzene rings is 2. The predicted octanol–water partition coefficient (Wildman–Crippen LogP) is 3.94. The maximum Gasteiger partial charge on any atom is 0.243 e. The lowest BCUT2D eigenvalue weighted by molar-refractivity contribution is -0.122. The van der Waals surface area contributed by atoms with E-state index in [0.717, 1.165) is 29.0 Å². The molecule has 0 aliphatic carbocycles. The van der Waals surface area contributed by atoms with Crippen molar-refractivity contribution in [1.29, 1.82) is 0 Å². The van der Waals surface area contributed by atoms with E-state index in [1.165, 1.54) is 17.2 Å². The van der Waals surface area contributed by atoms with Gasteiger partial charge in [0.25, 0.3) is 0 Å². The zero-order valence-electron chi connectivity index (χ0n) is 16.7. The SMILES string of the molecule is CCc1ccc(CC)c(CNC(=O)C(C)N(c2cccc(Cl)c2)S(C)(=O)=O)c1. The first kappa shape index (κ1) is 22.2. The second-order valence-corrected chi connectivity index (χ2v) is 9.04. The van der Waals surface area contributed by atoms with Gasteiger partial charge in [0.05, 0.1) is 11.9 Å². The highest BCUT2D eigenvalue weighted by Crippen LogP contribution is 2.24. The summed E-state index contributed by atoms with van der Waals surface area (Å²) in [5, 5.41) is 3.29. The number of nitrogens with one attached hydrogen (secondary N) is 1. The van der Waals surface area contributed by atoms with E-state index in [2.05, 4.69) is 37.4 Å². The summed E-state index contributed by atoms with van der Waals surface area (Å²) in [4.78, 5) is 12.8. The fraction of sp³-hybridized carbons (Fsp3) is 0.381. The molecule has 0 bridgehead atoms. The third kappa shape index (κ3) is 5.49. The van der Waals surface area contributed by atoms with Gasteiger partial charge >= 0.3 is 0 Å². The van der Waals surface area contributed by atoms with Gasteiger partial charge in [-0.15, -0.1) is 0 Å². The average molecular weight is 423 g/mol. The number of anilines is 1. The van der Waals surface area contributed by atoms with Crippen molar-refractivity contribution in [1.82, 2.24) is 5.32 Å². The minimum Gasteiger partial charge on any atom is -0.350 e. The Morgan fingerprint density at radius 2 is 1.82 bits per heavy atom. The standard InChI is InChI=1S/C21H27ClN2O3S/c1-5-16-10-11-17(6-2)18(12-16)14-23-21(25)15(3)24(28(4,26)27)20-9-7-8-19(22)13-20/h7-13,15H,5-6,14H2,1-4H3,(H,23,25). The van der Waals surface area contributed by atoms with E-state index < -0.39 is 16.1 Å². The minimum atomic E-state index is -3.67. The highest BCUT2D eigenvalue weighted by atomic mass is 35.5. The molecule has 2 rings (SSSR count). The van der Waals surface area contributed by atoms with Crippen molar-refractivity contribution < 1.29 is 13.2 Å². The van der Waals surface area contributed by atoms with E-state index in [4.69, 9.17) is 11.6 Å². The van der Waals surface area contributed by atoms with Crippen LogP contribution in [0.2, 0.25) is 5.02 Å². The smallest absolute Gasteiger partial charge is 0.243 e. The van der Waals surface area contributed by atoms with Crippen LogP contribution >= 0.6 is 11.6 Å². The van der Waals surface area contributed by atoms with Gasteiger partial charge in [-0.25, -0.2) is 8.42 Å². The molecule has 2 aromatic rings. The first-order chi connectivity index (χ1) is 13.2. The quantitative estimate of drug-likeness (QED) is 0.700. The molecule has 0 aliphatic heterocycles. The number of carbonyl (C=O) groups is 1. The van der Waals surface area contributed by atoms with Gasteiger partial charge in [-0.3, -0.25) is 9.10 Å². The number of sulfonamides is 1. The van der Waals surface area contributed by atoms with Crippen LogP contribution in [0, 0.1) is 0 Å². The number of aryl methyl sites for hydroxylation is 2. The predicted molar refractivity (Wildman–Crippen MR) is 115 cm³/mol. The Bertz CT molecular complexity index is 944. The number of hydrogen-bond acceptors (Lipinski definition) is 3. The number of nitrogens with zero attached hydrogens (tertiary/aromatic N) is 1. The van der Waals surface area contributed by atoms with Crippen LogP contribution in [0.3, 0.4) is 0 Å². The minimum absolute atomic E-state index is 0.354. The van der Waals surface area contributed by atoms with E-state index in [1.807, 2.05) is 0 Å². The van der Waals surface area contributed by atoms with E-state index >= 15 is 0 Å². The highest BCUT2D eigenvalue weighted by Gasteiger charge is 2.29. The van der Waals surface area contributed by atoms with Gasteiger partial charge in [0.2, 0.25) is 15.9 Å². The molecule has 28 heavy (non-hydrogen) atoms. The highest BCUT2D eigenvalue weighted by molar-refractivity contribution is 7.92. The van der Waals surface area contributed by atoms with Crippen molar-refractivity contribution in [3.8, 4) is 0 Å². The van der Waals surface area contributed by atoms with Crippen LogP contribution in [0.5, 0.6) is 0 Å². The van der Waals surface area contributed by atoms with E-state index in [1.54, 1.807) is 25.1 Å². The molecule has 1 atom stereocenters. The number of hydrogen-bond donors (Lipinski definition) is 1. The summed E-state index contributed by atoms with van der Waals surface area (Å²) in [6, 6.07) is 11.8. The zero-order valence-corrected chi connectivity index (χ0v) is 18.3. The van der Waals surface area contributed by atoms with Gasteiger partial charge in [0, 0.05) is 11.6 Å². The van der Waals surface area contributed by atoms with Gasteiger partial charge in [0.1, 0.15) is 6.04 Å². The first-order valence-corrected chi connectivity index (χ1v) is 11.5. The van der Waals surface area contributed by atoms with Crippen LogP contribution in [0.25, 0.3) is 0 Å². The maximum absolute atomic E-state index is 12.8. The second kappa shape index (κ2) is 9.43. The van der Waals surface area contributed by atoms with Crippen LogP contribution < -0.4 is 9.62 Å². The summed E-state index contributed by atoms with van der Waals surface area (Å²) in [5.74, 6) is -0.366. The number of halogens is 1. The topological polar surface area (TPSA) is 66.5 Å². The van der Waals surface area contributed by atoms with Crippen LogP contribution in [0.1, 0.15) is 37.5 Å². The molecular weight excluding hydrogens is 396 g/mol. The van der Waals surface area contributed by atoms with Crippen molar-refractivity contribution in [2.75, 3.05) is 10.6 Å². The van der Waals surface area contributed by atoms with Crippen molar-refractivity contribution in [2.45, 2.75) is 46.2 Å². The largest absolute Gasteiger partial charge is 0.350 e. The Morgan fingerprint density at radius 3 is 2.39 bits per heavy atom. The Morgan fingerprint density at radius 1 is 1.11 bits per heavy atom. The summed E-state index contributed by atoms with van der Waals surface area (Å²) in [5.41, 5.74) is 3.78. The second-order valence-electron chi connectivity index (χ2n) is 6.74. The molecule has 1 unspecified atom stereocenters. The van der Waals surface area contributed by atoms with Crippen LogP contribution in [-0.4, -0.2) is 26.6 Å². The average Bonchev–Trinajstić information content (AvgIpc) is 2.64. The third-order valence-electron chi connectivity index (χ3n) is 4.66. The molecule has 152 valence electrons. The molecule has 7 heteroatoms. The monoisotopic (exact) mass is 422 g/mol. The number of carbonyl (C=O) groups excluding carboxylic acids is 1. The summed E-state index contributed by atoms with van der Waals surface area (Å²) in [6.07, 6.45) is 2.86. The normalized spacial score (nSPS) is 12.5. The first-order valence-electron chi connectivity index (χ1n) is 9.30.